The molecule has 108 valence electrons. The molecular formula is C15H26N2O2. The van der Waals surface area contributed by atoms with Crippen molar-refractivity contribution in [3.05, 3.63) is 17.9 Å². The molecule has 0 aliphatic heterocycles. The summed E-state index contributed by atoms with van der Waals surface area (Å²) in [7, 11) is 0. The molecule has 0 unspecified atom stereocenters. The highest BCUT2D eigenvalue weighted by Gasteiger charge is 2.11. The highest BCUT2D eigenvalue weighted by molar-refractivity contribution is 5.91. The molecule has 0 radical (unpaired) electrons. The van der Waals surface area contributed by atoms with Crippen LogP contribution in [0.25, 0.3) is 0 Å². The predicted molar refractivity (Wildman–Crippen MR) is 79.0 cm³/mol. The summed E-state index contributed by atoms with van der Waals surface area (Å²) in [5.41, 5.74) is 0. The molecule has 0 saturated carbocycles. The summed E-state index contributed by atoms with van der Waals surface area (Å²) in [5, 5.41) is 0. The van der Waals surface area contributed by atoms with Crippen molar-refractivity contribution in [3.63, 3.8) is 0 Å². The lowest BCUT2D eigenvalue weighted by Gasteiger charge is -2.23. The summed E-state index contributed by atoms with van der Waals surface area (Å²) in [4.78, 5) is 15.8. The van der Waals surface area contributed by atoms with Crippen molar-refractivity contribution in [2.45, 2.75) is 34.1 Å². The molecule has 0 bridgehead atoms. The van der Waals surface area contributed by atoms with Gasteiger partial charge in [0.15, 0.2) is 17.4 Å². The van der Waals surface area contributed by atoms with Crippen LogP contribution in [0.5, 0.6) is 0 Å². The van der Waals surface area contributed by atoms with Crippen molar-refractivity contribution in [2.24, 2.45) is 0 Å². The minimum atomic E-state index is -0.0227. The lowest BCUT2D eigenvalue weighted by Crippen LogP contribution is -2.29. The Bertz CT molecular complexity index is 383. The number of anilines is 1. The highest BCUT2D eigenvalue weighted by atomic mass is 16.4. The second kappa shape index (κ2) is 8.00. The minimum Gasteiger partial charge on any atom is -0.437 e. The van der Waals surface area contributed by atoms with Crippen LogP contribution in [0.15, 0.2) is 16.5 Å². The van der Waals surface area contributed by atoms with Crippen LogP contribution in [0.4, 0.5) is 5.88 Å². The van der Waals surface area contributed by atoms with Gasteiger partial charge in [-0.1, -0.05) is 13.8 Å². The monoisotopic (exact) mass is 266 g/mol. The Morgan fingerprint density at radius 1 is 1.11 bits per heavy atom. The van der Waals surface area contributed by atoms with Gasteiger partial charge in [-0.15, -0.1) is 0 Å². The molecule has 1 aromatic rings. The van der Waals surface area contributed by atoms with Crippen LogP contribution < -0.4 is 4.90 Å². The predicted octanol–water partition coefficient (Wildman–Crippen LogP) is 3.04. The van der Waals surface area contributed by atoms with E-state index in [0.29, 0.717) is 5.76 Å². The lowest BCUT2D eigenvalue weighted by atomic mass is 10.3. The summed E-state index contributed by atoms with van der Waals surface area (Å²) in [6.07, 6.45) is 1.10. The van der Waals surface area contributed by atoms with E-state index >= 15 is 0 Å². The molecule has 1 rings (SSSR count). The Hall–Kier alpha value is -1.29. The SMILES string of the molecule is CCN(CC)CCCN(CC)c1ccc(C(C)=O)o1. The average molecular weight is 266 g/mol. The van der Waals surface area contributed by atoms with Gasteiger partial charge in [0, 0.05) is 26.1 Å². The number of hydrogen-bond acceptors (Lipinski definition) is 4. The molecular weight excluding hydrogens is 240 g/mol. The van der Waals surface area contributed by atoms with E-state index in [2.05, 4.69) is 30.6 Å². The summed E-state index contributed by atoms with van der Waals surface area (Å²) in [5.74, 6) is 1.22. The molecule has 0 atom stereocenters. The summed E-state index contributed by atoms with van der Waals surface area (Å²) in [6.45, 7) is 13.1. The third kappa shape index (κ3) is 4.71. The minimum absolute atomic E-state index is 0.0227. The van der Waals surface area contributed by atoms with Crippen LogP contribution in [0.3, 0.4) is 0 Å². The van der Waals surface area contributed by atoms with E-state index in [-0.39, 0.29) is 5.78 Å². The molecule has 0 saturated heterocycles. The van der Waals surface area contributed by atoms with Crippen LogP contribution in [0, 0.1) is 0 Å². The van der Waals surface area contributed by atoms with Crippen LogP contribution >= 0.6 is 0 Å². The Labute approximate surface area is 116 Å². The van der Waals surface area contributed by atoms with Gasteiger partial charge in [0.1, 0.15) is 0 Å². The van der Waals surface area contributed by atoms with Gasteiger partial charge in [-0.3, -0.25) is 4.79 Å². The van der Waals surface area contributed by atoms with E-state index in [1.165, 1.54) is 6.92 Å². The second-order valence-corrected chi connectivity index (χ2v) is 4.65. The normalized spacial score (nSPS) is 11.0. The topological polar surface area (TPSA) is 36.7 Å². The Kier molecular flexibility index (Phi) is 6.64. The quantitative estimate of drug-likeness (QED) is 0.644. The van der Waals surface area contributed by atoms with Crippen LogP contribution in [-0.4, -0.2) is 43.4 Å². The molecule has 1 heterocycles. The number of hydrogen-bond donors (Lipinski definition) is 0. The van der Waals surface area contributed by atoms with Crippen molar-refractivity contribution in [3.8, 4) is 0 Å². The van der Waals surface area contributed by atoms with Gasteiger partial charge in [-0.05, 0) is 39.0 Å². The smallest absolute Gasteiger partial charge is 0.196 e. The molecule has 1 aromatic heterocycles. The first-order valence-corrected chi connectivity index (χ1v) is 7.20. The maximum absolute atomic E-state index is 11.2. The Balaban J connectivity index is 2.50. The standard InChI is InChI=1S/C15H26N2O2/c1-5-16(6-2)11-8-12-17(7-3)15-10-9-14(19-15)13(4)18/h9-10H,5-8,11-12H2,1-4H3. The van der Waals surface area contributed by atoms with E-state index in [9.17, 15) is 4.79 Å². The van der Waals surface area contributed by atoms with E-state index in [4.69, 9.17) is 4.42 Å². The van der Waals surface area contributed by atoms with Gasteiger partial charge in [0.2, 0.25) is 0 Å². The maximum atomic E-state index is 11.2. The third-order valence-electron chi connectivity index (χ3n) is 3.43. The molecule has 0 aliphatic carbocycles. The number of ketones is 1. The highest BCUT2D eigenvalue weighted by Crippen LogP contribution is 2.19. The fourth-order valence-electron chi connectivity index (χ4n) is 2.14. The maximum Gasteiger partial charge on any atom is 0.196 e. The molecule has 0 aromatic carbocycles. The van der Waals surface area contributed by atoms with E-state index in [1.54, 1.807) is 6.07 Å². The molecule has 4 nitrogen and oxygen atoms in total. The first kappa shape index (κ1) is 15.8. The molecule has 0 spiro atoms. The molecule has 4 heteroatoms. The number of rotatable bonds is 9. The van der Waals surface area contributed by atoms with Crippen molar-refractivity contribution < 1.29 is 9.21 Å². The van der Waals surface area contributed by atoms with Gasteiger partial charge in [0.05, 0.1) is 0 Å². The van der Waals surface area contributed by atoms with E-state index in [0.717, 1.165) is 45.0 Å². The first-order valence-electron chi connectivity index (χ1n) is 7.20. The zero-order chi connectivity index (χ0) is 14.3. The van der Waals surface area contributed by atoms with Crippen LogP contribution in [0.2, 0.25) is 0 Å². The summed E-state index contributed by atoms with van der Waals surface area (Å²) in [6, 6.07) is 3.64. The first-order chi connectivity index (χ1) is 9.12. The molecule has 0 fully saturated rings. The number of Topliss-reactive ketones (excluding diaryl/α,β-unsaturated/α-hetero) is 1. The fraction of sp³-hybridized carbons (Fsp3) is 0.667. The fourth-order valence-corrected chi connectivity index (χ4v) is 2.14. The lowest BCUT2D eigenvalue weighted by molar-refractivity contribution is 0.0987. The van der Waals surface area contributed by atoms with Crippen molar-refractivity contribution >= 4 is 11.7 Å². The van der Waals surface area contributed by atoms with Gasteiger partial charge in [-0.2, -0.15) is 0 Å². The number of carbonyl (C=O) groups excluding carboxylic acids is 1. The van der Waals surface area contributed by atoms with E-state index in [1.807, 2.05) is 6.07 Å². The largest absolute Gasteiger partial charge is 0.437 e. The zero-order valence-electron chi connectivity index (χ0n) is 12.6. The van der Waals surface area contributed by atoms with Gasteiger partial charge in [0.25, 0.3) is 0 Å². The van der Waals surface area contributed by atoms with Gasteiger partial charge in [-0.25, -0.2) is 0 Å². The second-order valence-electron chi connectivity index (χ2n) is 4.65. The molecule has 0 amide bonds. The number of furan rings is 1. The van der Waals surface area contributed by atoms with Crippen molar-refractivity contribution in [1.29, 1.82) is 0 Å². The van der Waals surface area contributed by atoms with Gasteiger partial charge < -0.3 is 14.2 Å². The third-order valence-corrected chi connectivity index (χ3v) is 3.43. The van der Waals surface area contributed by atoms with E-state index < -0.39 is 0 Å². The average Bonchev–Trinajstić information content (AvgIpc) is 2.89. The van der Waals surface area contributed by atoms with Crippen LogP contribution in [-0.2, 0) is 0 Å². The van der Waals surface area contributed by atoms with Crippen molar-refractivity contribution in [1.82, 2.24) is 4.90 Å². The number of nitrogens with zero attached hydrogens (tertiary/aromatic N) is 2. The molecule has 0 aliphatic rings. The van der Waals surface area contributed by atoms with Crippen LogP contribution in [0.1, 0.15) is 44.7 Å². The van der Waals surface area contributed by atoms with Crippen molar-refractivity contribution in [2.75, 3.05) is 37.6 Å². The zero-order valence-corrected chi connectivity index (χ0v) is 12.6. The Morgan fingerprint density at radius 3 is 2.26 bits per heavy atom. The summed E-state index contributed by atoms with van der Waals surface area (Å²) >= 11 is 0. The summed E-state index contributed by atoms with van der Waals surface area (Å²) < 4.78 is 5.57. The molecule has 0 N–H and O–H groups in total. The van der Waals surface area contributed by atoms with Gasteiger partial charge >= 0.3 is 0 Å². The molecule has 19 heavy (non-hydrogen) atoms. The number of carbonyl (C=O) groups is 1. The Morgan fingerprint density at radius 2 is 1.79 bits per heavy atom.